The Morgan fingerprint density at radius 1 is 1.40 bits per heavy atom. The lowest BCUT2D eigenvalue weighted by molar-refractivity contribution is 0.897. The molecule has 0 N–H and O–H groups in total. The van der Waals surface area contributed by atoms with Gasteiger partial charge in [-0.1, -0.05) is 0 Å². The summed E-state index contributed by atoms with van der Waals surface area (Å²) in [7, 11) is 0. The SMILES string of the molecule is C1=NCCc2ccnnc21. The maximum atomic E-state index is 4.09. The molecule has 0 bridgehead atoms. The molecule has 0 saturated heterocycles. The zero-order valence-electron chi connectivity index (χ0n) is 5.49. The van der Waals surface area contributed by atoms with Gasteiger partial charge in [-0.15, -0.1) is 5.10 Å². The Bertz CT molecular complexity index is 267. The van der Waals surface area contributed by atoms with Crippen LogP contribution in [0.4, 0.5) is 0 Å². The average Bonchev–Trinajstić information content (AvgIpc) is 2.05. The first-order valence-electron chi connectivity index (χ1n) is 3.27. The summed E-state index contributed by atoms with van der Waals surface area (Å²) in [6, 6.07) is 1.99. The van der Waals surface area contributed by atoms with Crippen LogP contribution in [0.3, 0.4) is 0 Å². The Morgan fingerprint density at radius 2 is 2.40 bits per heavy atom. The number of hydrogen-bond acceptors (Lipinski definition) is 3. The highest BCUT2D eigenvalue weighted by molar-refractivity contribution is 5.79. The predicted octanol–water partition coefficient (Wildman–Crippen LogP) is 0.452. The first-order chi connectivity index (χ1) is 4.97. The Kier molecular flexibility index (Phi) is 1.20. The van der Waals surface area contributed by atoms with E-state index in [0.717, 1.165) is 18.7 Å². The second kappa shape index (κ2) is 2.17. The van der Waals surface area contributed by atoms with Gasteiger partial charge in [0, 0.05) is 19.0 Å². The lowest BCUT2D eigenvalue weighted by Gasteiger charge is -2.05. The van der Waals surface area contributed by atoms with E-state index >= 15 is 0 Å². The van der Waals surface area contributed by atoms with Crippen molar-refractivity contribution >= 4 is 6.21 Å². The molecule has 0 aromatic carbocycles. The third kappa shape index (κ3) is 0.795. The molecule has 10 heavy (non-hydrogen) atoms. The van der Waals surface area contributed by atoms with E-state index in [1.54, 1.807) is 12.4 Å². The fraction of sp³-hybridized carbons (Fsp3) is 0.286. The molecular formula is C7H7N3. The smallest absolute Gasteiger partial charge is 0.107 e. The molecule has 1 aliphatic rings. The molecule has 3 nitrogen and oxygen atoms in total. The Labute approximate surface area is 58.8 Å². The van der Waals surface area contributed by atoms with Gasteiger partial charge >= 0.3 is 0 Å². The number of nitrogens with zero attached hydrogens (tertiary/aromatic N) is 3. The second-order valence-corrected chi connectivity index (χ2v) is 2.23. The van der Waals surface area contributed by atoms with E-state index in [0.29, 0.717) is 0 Å². The number of hydrogen-bond donors (Lipinski definition) is 0. The minimum atomic E-state index is 0.888. The third-order valence-electron chi connectivity index (χ3n) is 1.56. The van der Waals surface area contributed by atoms with Crippen molar-refractivity contribution in [3.63, 3.8) is 0 Å². The lowest BCUT2D eigenvalue weighted by atomic mass is 10.1. The summed E-state index contributed by atoms with van der Waals surface area (Å²) in [5.74, 6) is 0. The van der Waals surface area contributed by atoms with E-state index in [1.165, 1.54) is 5.56 Å². The van der Waals surface area contributed by atoms with Gasteiger partial charge in [-0.3, -0.25) is 4.99 Å². The van der Waals surface area contributed by atoms with Crippen LogP contribution in [0.1, 0.15) is 11.3 Å². The Hall–Kier alpha value is -1.25. The summed E-state index contributed by atoms with van der Waals surface area (Å²) in [5.41, 5.74) is 2.18. The standard InChI is InChI=1S/C7H7N3/c1-3-8-5-7-6(1)2-4-9-10-7/h2,4-5H,1,3H2. The zero-order chi connectivity index (χ0) is 6.81. The first-order valence-corrected chi connectivity index (χ1v) is 3.27. The minimum Gasteiger partial charge on any atom is -0.291 e. The maximum absolute atomic E-state index is 4.09. The molecule has 0 aliphatic carbocycles. The van der Waals surface area contributed by atoms with E-state index in [-0.39, 0.29) is 0 Å². The molecule has 1 aliphatic heterocycles. The summed E-state index contributed by atoms with van der Waals surface area (Å²) in [4.78, 5) is 4.09. The van der Waals surface area contributed by atoms with Gasteiger partial charge in [0.15, 0.2) is 0 Å². The Balaban J connectivity index is 2.54. The monoisotopic (exact) mass is 133 g/mol. The molecule has 1 aromatic rings. The van der Waals surface area contributed by atoms with E-state index in [9.17, 15) is 0 Å². The normalized spacial score (nSPS) is 14.8. The molecule has 0 spiro atoms. The van der Waals surface area contributed by atoms with Crippen molar-refractivity contribution in [2.24, 2.45) is 4.99 Å². The first kappa shape index (κ1) is 5.53. The molecule has 0 unspecified atom stereocenters. The van der Waals surface area contributed by atoms with Crippen LogP contribution >= 0.6 is 0 Å². The van der Waals surface area contributed by atoms with Gasteiger partial charge in [-0.2, -0.15) is 5.10 Å². The lowest BCUT2D eigenvalue weighted by Crippen LogP contribution is -2.05. The number of fused-ring (bicyclic) bond motifs is 1. The van der Waals surface area contributed by atoms with Crippen molar-refractivity contribution in [1.29, 1.82) is 0 Å². The average molecular weight is 133 g/mol. The summed E-state index contributed by atoms with van der Waals surface area (Å²) >= 11 is 0. The van der Waals surface area contributed by atoms with Gasteiger partial charge in [0.2, 0.25) is 0 Å². The summed E-state index contributed by atoms with van der Waals surface area (Å²) in [5, 5.41) is 7.68. The second-order valence-electron chi connectivity index (χ2n) is 2.23. The van der Waals surface area contributed by atoms with Crippen LogP contribution in [0.15, 0.2) is 17.3 Å². The molecule has 3 heteroatoms. The molecule has 0 saturated carbocycles. The van der Waals surface area contributed by atoms with E-state index in [1.807, 2.05) is 6.07 Å². The molecule has 50 valence electrons. The van der Waals surface area contributed by atoms with E-state index in [2.05, 4.69) is 15.2 Å². The molecule has 0 fully saturated rings. The molecule has 0 atom stereocenters. The maximum Gasteiger partial charge on any atom is 0.107 e. The van der Waals surface area contributed by atoms with Crippen molar-refractivity contribution in [2.45, 2.75) is 6.42 Å². The van der Waals surface area contributed by atoms with Crippen LogP contribution < -0.4 is 0 Å². The van der Waals surface area contributed by atoms with Gasteiger partial charge in [-0.05, 0) is 18.1 Å². The third-order valence-corrected chi connectivity index (χ3v) is 1.56. The fourth-order valence-electron chi connectivity index (χ4n) is 1.02. The molecule has 2 heterocycles. The van der Waals surface area contributed by atoms with Crippen LogP contribution in [0.25, 0.3) is 0 Å². The highest BCUT2D eigenvalue weighted by Crippen LogP contribution is 2.06. The molecule has 0 amide bonds. The van der Waals surface area contributed by atoms with Crippen molar-refractivity contribution in [3.8, 4) is 0 Å². The summed E-state index contributed by atoms with van der Waals surface area (Å²) in [6.45, 7) is 0.888. The molecule has 1 aromatic heterocycles. The number of aliphatic imine (C=N–C) groups is 1. The topological polar surface area (TPSA) is 38.1 Å². The minimum absolute atomic E-state index is 0.888. The predicted molar refractivity (Wildman–Crippen MR) is 38.2 cm³/mol. The summed E-state index contributed by atoms with van der Waals surface area (Å²) in [6.07, 6.45) is 4.51. The van der Waals surface area contributed by atoms with Gasteiger partial charge in [0.05, 0.1) is 0 Å². The Morgan fingerprint density at radius 3 is 3.30 bits per heavy atom. The zero-order valence-corrected chi connectivity index (χ0v) is 5.49. The van der Waals surface area contributed by atoms with Crippen LogP contribution in [0.5, 0.6) is 0 Å². The van der Waals surface area contributed by atoms with Crippen molar-refractivity contribution < 1.29 is 0 Å². The largest absolute Gasteiger partial charge is 0.291 e. The van der Waals surface area contributed by atoms with Crippen molar-refractivity contribution in [3.05, 3.63) is 23.5 Å². The van der Waals surface area contributed by atoms with Crippen molar-refractivity contribution in [2.75, 3.05) is 6.54 Å². The molecule has 2 rings (SSSR count). The highest BCUT2D eigenvalue weighted by Gasteiger charge is 2.03. The van der Waals surface area contributed by atoms with E-state index in [4.69, 9.17) is 0 Å². The van der Waals surface area contributed by atoms with Gasteiger partial charge in [0.25, 0.3) is 0 Å². The molecular weight excluding hydrogens is 126 g/mol. The molecule has 0 radical (unpaired) electrons. The van der Waals surface area contributed by atoms with Crippen LogP contribution in [-0.4, -0.2) is 23.0 Å². The van der Waals surface area contributed by atoms with Crippen LogP contribution in [0, 0.1) is 0 Å². The summed E-state index contributed by atoms with van der Waals surface area (Å²) < 4.78 is 0. The van der Waals surface area contributed by atoms with Gasteiger partial charge < -0.3 is 0 Å². The van der Waals surface area contributed by atoms with Crippen LogP contribution in [0.2, 0.25) is 0 Å². The van der Waals surface area contributed by atoms with Crippen molar-refractivity contribution in [1.82, 2.24) is 10.2 Å². The van der Waals surface area contributed by atoms with E-state index < -0.39 is 0 Å². The van der Waals surface area contributed by atoms with Gasteiger partial charge in [-0.25, -0.2) is 0 Å². The van der Waals surface area contributed by atoms with Gasteiger partial charge in [0.1, 0.15) is 5.69 Å². The number of aromatic nitrogens is 2. The van der Waals surface area contributed by atoms with Crippen LogP contribution in [-0.2, 0) is 6.42 Å². The fourth-order valence-corrected chi connectivity index (χ4v) is 1.02. The highest BCUT2D eigenvalue weighted by atomic mass is 15.1. The number of rotatable bonds is 0. The quantitative estimate of drug-likeness (QED) is 0.515.